The summed E-state index contributed by atoms with van der Waals surface area (Å²) in [6.45, 7) is 1.85. The number of nitrogens with zero attached hydrogens (tertiary/aromatic N) is 1. The molecule has 1 aromatic rings. The third-order valence-corrected chi connectivity index (χ3v) is 1.47. The molecule has 58 valence electrons. The third kappa shape index (κ3) is 1.71. The number of nitriles is 1. The fourth-order valence-corrected chi connectivity index (χ4v) is 0.785. The molecule has 0 fully saturated rings. The Kier molecular flexibility index (Phi) is 2.12. The van der Waals surface area contributed by atoms with Crippen LogP contribution in [0.4, 0.5) is 0 Å². The van der Waals surface area contributed by atoms with E-state index in [1.165, 1.54) is 6.07 Å². The van der Waals surface area contributed by atoms with E-state index in [0.29, 0.717) is 12.1 Å². The van der Waals surface area contributed by atoms with Gasteiger partial charge in [0.15, 0.2) is 0 Å². The third-order valence-electron chi connectivity index (χ3n) is 1.47. The van der Waals surface area contributed by atoms with Crippen molar-refractivity contribution in [2.75, 3.05) is 0 Å². The molecule has 0 aliphatic rings. The first-order valence-electron chi connectivity index (χ1n) is 3.29. The molecule has 1 rings (SSSR count). The molecular formula is C7H8N2O2. The molecule has 11 heavy (non-hydrogen) atoms. The largest absolute Gasteiger partial charge is 0.357 e. The first-order valence-corrected chi connectivity index (χ1v) is 3.29. The molecule has 0 radical (unpaired) electrons. The standard InChI is InChI=1S/C7H8N2O2/c1-5(2-3-8)6-4-7(10)11-9-6/h4-5,9H,2H2,1H3/t5-/m1/s1. The van der Waals surface area contributed by atoms with Crippen LogP contribution >= 0.6 is 0 Å². The molecule has 1 N–H and O–H groups in total. The van der Waals surface area contributed by atoms with E-state index < -0.39 is 5.63 Å². The van der Waals surface area contributed by atoms with Crippen LogP contribution in [-0.2, 0) is 0 Å². The van der Waals surface area contributed by atoms with Crippen molar-refractivity contribution < 1.29 is 4.52 Å². The van der Waals surface area contributed by atoms with Gasteiger partial charge in [-0.05, 0) is 0 Å². The Labute approximate surface area is 63.4 Å². The van der Waals surface area contributed by atoms with E-state index in [0.717, 1.165) is 0 Å². The smallest absolute Gasteiger partial charge is 0.339 e. The summed E-state index contributed by atoms with van der Waals surface area (Å²) < 4.78 is 4.44. The van der Waals surface area contributed by atoms with Gasteiger partial charge in [0.1, 0.15) is 0 Å². The fourth-order valence-electron chi connectivity index (χ4n) is 0.785. The summed E-state index contributed by atoms with van der Waals surface area (Å²) in [4.78, 5) is 10.5. The zero-order valence-electron chi connectivity index (χ0n) is 6.13. The van der Waals surface area contributed by atoms with Crippen LogP contribution in [0.15, 0.2) is 15.4 Å². The van der Waals surface area contributed by atoms with Crippen LogP contribution in [0.3, 0.4) is 0 Å². The average molecular weight is 152 g/mol. The molecule has 0 unspecified atom stereocenters. The second kappa shape index (κ2) is 3.06. The summed E-state index contributed by atoms with van der Waals surface area (Å²) in [5.74, 6) is 0.0337. The fraction of sp³-hybridized carbons (Fsp3) is 0.429. The lowest BCUT2D eigenvalue weighted by molar-refractivity contribution is 0.381. The molecule has 0 aliphatic carbocycles. The summed E-state index contributed by atoms with van der Waals surface area (Å²) in [7, 11) is 0. The number of hydrogen-bond acceptors (Lipinski definition) is 3. The molecule has 0 spiro atoms. The zero-order valence-corrected chi connectivity index (χ0v) is 6.13. The number of rotatable bonds is 2. The van der Waals surface area contributed by atoms with Crippen molar-refractivity contribution >= 4 is 0 Å². The van der Waals surface area contributed by atoms with E-state index in [9.17, 15) is 4.79 Å². The maximum absolute atomic E-state index is 10.5. The Balaban J connectivity index is 2.78. The molecular weight excluding hydrogens is 144 g/mol. The minimum Gasteiger partial charge on any atom is -0.339 e. The molecule has 0 aromatic carbocycles. The molecule has 0 bridgehead atoms. The minimum atomic E-state index is -0.398. The lowest BCUT2D eigenvalue weighted by Gasteiger charge is -1.99. The summed E-state index contributed by atoms with van der Waals surface area (Å²) in [5, 5.41) is 10.8. The molecule has 4 heteroatoms. The van der Waals surface area contributed by atoms with Gasteiger partial charge in [0.25, 0.3) is 0 Å². The second-order valence-corrected chi connectivity index (χ2v) is 2.39. The topological polar surface area (TPSA) is 69.8 Å². The predicted molar refractivity (Wildman–Crippen MR) is 38.0 cm³/mol. The van der Waals surface area contributed by atoms with Crippen LogP contribution in [0.2, 0.25) is 0 Å². The van der Waals surface area contributed by atoms with Gasteiger partial charge in [-0.15, -0.1) is 0 Å². The first kappa shape index (κ1) is 7.61. The Morgan fingerprint density at radius 3 is 3.09 bits per heavy atom. The monoisotopic (exact) mass is 152 g/mol. The lowest BCUT2D eigenvalue weighted by atomic mass is 10.1. The number of aromatic nitrogens is 1. The number of H-pyrrole nitrogens is 1. The zero-order chi connectivity index (χ0) is 8.27. The van der Waals surface area contributed by atoms with Crippen LogP contribution in [0.1, 0.15) is 25.0 Å². The summed E-state index contributed by atoms with van der Waals surface area (Å²) in [6.07, 6.45) is 0.384. The van der Waals surface area contributed by atoms with E-state index in [4.69, 9.17) is 5.26 Å². The van der Waals surface area contributed by atoms with Gasteiger partial charge in [-0.25, -0.2) is 9.95 Å². The highest BCUT2D eigenvalue weighted by atomic mass is 16.5. The van der Waals surface area contributed by atoms with E-state index in [1.807, 2.05) is 13.0 Å². The lowest BCUT2D eigenvalue weighted by Crippen LogP contribution is -1.92. The van der Waals surface area contributed by atoms with Gasteiger partial charge in [0, 0.05) is 18.4 Å². The van der Waals surface area contributed by atoms with Crippen LogP contribution < -0.4 is 5.63 Å². The van der Waals surface area contributed by atoms with Gasteiger partial charge >= 0.3 is 5.63 Å². The highest BCUT2D eigenvalue weighted by Crippen LogP contribution is 2.13. The molecule has 1 atom stereocenters. The van der Waals surface area contributed by atoms with Gasteiger partial charge in [-0.3, -0.25) is 0 Å². The number of aromatic amines is 1. The molecule has 0 saturated carbocycles. The normalized spacial score (nSPS) is 12.4. The number of hydrogen-bond donors (Lipinski definition) is 1. The van der Waals surface area contributed by atoms with Gasteiger partial charge < -0.3 is 4.52 Å². The maximum Gasteiger partial charge on any atom is 0.357 e. The molecule has 1 heterocycles. The molecule has 0 aliphatic heterocycles. The van der Waals surface area contributed by atoms with Gasteiger partial charge in [0.2, 0.25) is 0 Å². The molecule has 0 amide bonds. The highest BCUT2D eigenvalue weighted by molar-refractivity contribution is 5.04. The summed E-state index contributed by atoms with van der Waals surface area (Å²) in [6, 6.07) is 3.37. The quantitative estimate of drug-likeness (QED) is 0.686. The summed E-state index contributed by atoms with van der Waals surface area (Å²) in [5.41, 5.74) is 0.279. The van der Waals surface area contributed by atoms with Crippen LogP contribution in [0, 0.1) is 11.3 Å². The second-order valence-electron chi connectivity index (χ2n) is 2.39. The van der Waals surface area contributed by atoms with Crippen molar-refractivity contribution in [3.63, 3.8) is 0 Å². The van der Waals surface area contributed by atoms with Crippen LogP contribution in [0.5, 0.6) is 0 Å². The van der Waals surface area contributed by atoms with Crippen molar-refractivity contribution in [3.05, 3.63) is 22.2 Å². The van der Waals surface area contributed by atoms with Crippen molar-refractivity contribution in [1.82, 2.24) is 5.16 Å². The minimum absolute atomic E-state index is 0.0337. The number of nitrogens with one attached hydrogen (secondary N) is 1. The van der Waals surface area contributed by atoms with Crippen LogP contribution in [-0.4, -0.2) is 5.16 Å². The maximum atomic E-state index is 10.5. The van der Waals surface area contributed by atoms with Gasteiger partial charge in [-0.2, -0.15) is 5.26 Å². The van der Waals surface area contributed by atoms with E-state index in [1.54, 1.807) is 0 Å². The van der Waals surface area contributed by atoms with E-state index in [-0.39, 0.29) is 5.92 Å². The van der Waals surface area contributed by atoms with Crippen molar-refractivity contribution in [2.24, 2.45) is 0 Å². The summed E-state index contributed by atoms with van der Waals surface area (Å²) >= 11 is 0. The van der Waals surface area contributed by atoms with Crippen molar-refractivity contribution in [3.8, 4) is 6.07 Å². The van der Waals surface area contributed by atoms with Gasteiger partial charge in [0.05, 0.1) is 11.8 Å². The molecule has 1 aromatic heterocycles. The highest BCUT2D eigenvalue weighted by Gasteiger charge is 2.07. The van der Waals surface area contributed by atoms with Gasteiger partial charge in [-0.1, -0.05) is 6.92 Å². The Morgan fingerprint density at radius 1 is 1.91 bits per heavy atom. The van der Waals surface area contributed by atoms with Crippen molar-refractivity contribution in [1.29, 1.82) is 5.26 Å². The average Bonchev–Trinajstić information content (AvgIpc) is 2.36. The Morgan fingerprint density at radius 2 is 2.64 bits per heavy atom. The molecule has 4 nitrogen and oxygen atoms in total. The van der Waals surface area contributed by atoms with Crippen molar-refractivity contribution in [2.45, 2.75) is 19.3 Å². The first-order chi connectivity index (χ1) is 5.24. The van der Waals surface area contributed by atoms with E-state index >= 15 is 0 Å². The Bertz CT molecular complexity index is 318. The van der Waals surface area contributed by atoms with Crippen LogP contribution in [0.25, 0.3) is 0 Å². The van der Waals surface area contributed by atoms with E-state index in [2.05, 4.69) is 9.68 Å². The SMILES string of the molecule is C[C@H](CC#N)c1cc(=O)o[nH]1. The predicted octanol–water partition coefficient (Wildman–Crippen LogP) is 0.985. The Hall–Kier alpha value is -1.50. The molecule has 0 saturated heterocycles.